The Hall–Kier alpha value is -3.09. The highest BCUT2D eigenvalue weighted by Gasteiger charge is 2.30. The molecule has 3 N–H and O–H groups in total. The molecule has 0 bridgehead atoms. The highest BCUT2D eigenvalue weighted by molar-refractivity contribution is 5.88. The van der Waals surface area contributed by atoms with Crippen LogP contribution in [-0.4, -0.2) is 32.7 Å². The first-order valence-electron chi connectivity index (χ1n) is 8.38. The number of para-hydroxylation sites is 1. The maximum atomic E-state index is 12.2. The van der Waals surface area contributed by atoms with E-state index < -0.39 is 0 Å². The minimum Gasteiger partial charge on any atom is -0.382 e. The number of carbonyl (C=O) groups excluding carboxylic acids is 1. The Labute approximate surface area is 145 Å². The lowest BCUT2D eigenvalue weighted by molar-refractivity contribution is 0.236. The fraction of sp³-hybridized carbons (Fsp3) is 0.278. The van der Waals surface area contributed by atoms with E-state index >= 15 is 0 Å². The van der Waals surface area contributed by atoms with Crippen molar-refractivity contribution in [3.05, 3.63) is 54.4 Å². The van der Waals surface area contributed by atoms with E-state index in [0.717, 1.165) is 24.2 Å². The van der Waals surface area contributed by atoms with Gasteiger partial charge >= 0.3 is 6.03 Å². The summed E-state index contributed by atoms with van der Waals surface area (Å²) in [7, 11) is 0. The molecule has 1 aromatic carbocycles. The summed E-state index contributed by atoms with van der Waals surface area (Å²) in [6.45, 7) is 1.90. The van der Waals surface area contributed by atoms with Crippen molar-refractivity contribution in [1.29, 1.82) is 0 Å². The second kappa shape index (κ2) is 6.43. The Balaban J connectivity index is 1.30. The zero-order chi connectivity index (χ0) is 17.2. The lowest BCUT2D eigenvalue weighted by Crippen LogP contribution is -2.50. The Morgan fingerprint density at radius 1 is 1.16 bits per heavy atom. The van der Waals surface area contributed by atoms with Gasteiger partial charge in [-0.2, -0.15) is 9.61 Å². The number of urea groups is 1. The molecule has 4 rings (SSSR count). The van der Waals surface area contributed by atoms with Crippen LogP contribution in [0.3, 0.4) is 0 Å². The third-order valence-electron chi connectivity index (χ3n) is 4.34. The van der Waals surface area contributed by atoms with Gasteiger partial charge in [-0.05, 0) is 38.0 Å². The predicted octanol–water partition coefficient (Wildman–Crippen LogP) is 2.80. The van der Waals surface area contributed by atoms with Gasteiger partial charge in [-0.1, -0.05) is 18.2 Å². The van der Waals surface area contributed by atoms with E-state index in [1.54, 1.807) is 16.8 Å². The number of fused-ring (bicyclic) bond motifs is 1. The molecule has 0 unspecified atom stereocenters. The summed E-state index contributed by atoms with van der Waals surface area (Å²) >= 11 is 0. The van der Waals surface area contributed by atoms with Crippen molar-refractivity contribution in [2.75, 3.05) is 10.6 Å². The molecular weight excluding hydrogens is 316 g/mol. The Morgan fingerprint density at radius 2 is 1.96 bits per heavy atom. The number of amides is 2. The summed E-state index contributed by atoms with van der Waals surface area (Å²) < 4.78 is 1.63. The number of carbonyl (C=O) groups is 1. The number of aromatic nitrogens is 3. The standard InChI is InChI=1S/C18H20N6O/c1-12-9-17-19-8-7-16(24(17)23-12)22-18(25)21-15-10-14(11-15)20-13-5-3-2-4-6-13/h2-9,14-15,20H,10-11H2,1H3,(H2,21,22,25). The minimum absolute atomic E-state index is 0.179. The van der Waals surface area contributed by atoms with Crippen LogP contribution in [-0.2, 0) is 0 Å². The molecule has 2 aromatic heterocycles. The molecule has 0 radical (unpaired) electrons. The first kappa shape index (κ1) is 15.4. The van der Waals surface area contributed by atoms with Gasteiger partial charge in [0.2, 0.25) is 0 Å². The van der Waals surface area contributed by atoms with Crippen LogP contribution in [0, 0.1) is 6.92 Å². The molecule has 0 spiro atoms. The topological polar surface area (TPSA) is 83.3 Å². The number of aryl methyl sites for hydroxylation is 1. The molecule has 1 saturated carbocycles. The summed E-state index contributed by atoms with van der Waals surface area (Å²) in [4.78, 5) is 16.5. The van der Waals surface area contributed by atoms with E-state index in [2.05, 4.69) is 26.0 Å². The van der Waals surface area contributed by atoms with E-state index in [1.807, 2.05) is 43.3 Å². The van der Waals surface area contributed by atoms with Gasteiger partial charge in [0.15, 0.2) is 5.65 Å². The average Bonchev–Trinajstić information content (AvgIpc) is 2.95. The Morgan fingerprint density at radius 3 is 2.76 bits per heavy atom. The van der Waals surface area contributed by atoms with Crippen LogP contribution in [0.1, 0.15) is 18.5 Å². The molecular formula is C18H20N6O. The van der Waals surface area contributed by atoms with Gasteiger partial charge < -0.3 is 10.6 Å². The molecule has 1 fully saturated rings. The van der Waals surface area contributed by atoms with Crippen LogP contribution < -0.4 is 16.0 Å². The summed E-state index contributed by atoms with van der Waals surface area (Å²) in [6, 6.07) is 14.1. The predicted molar refractivity (Wildman–Crippen MR) is 96.8 cm³/mol. The fourth-order valence-electron chi connectivity index (χ4n) is 3.07. The molecule has 1 aliphatic rings. The number of hydrogen-bond acceptors (Lipinski definition) is 4. The van der Waals surface area contributed by atoms with Crippen molar-refractivity contribution < 1.29 is 4.79 Å². The first-order chi connectivity index (χ1) is 12.2. The van der Waals surface area contributed by atoms with Gasteiger partial charge in [0, 0.05) is 30.0 Å². The summed E-state index contributed by atoms with van der Waals surface area (Å²) in [5.41, 5.74) is 2.69. The average molecular weight is 336 g/mol. The largest absolute Gasteiger partial charge is 0.382 e. The van der Waals surface area contributed by atoms with Gasteiger partial charge in [-0.15, -0.1) is 0 Å². The molecule has 25 heavy (non-hydrogen) atoms. The maximum Gasteiger partial charge on any atom is 0.320 e. The van der Waals surface area contributed by atoms with E-state index in [0.29, 0.717) is 17.5 Å². The molecule has 0 saturated heterocycles. The van der Waals surface area contributed by atoms with Gasteiger partial charge in [0.25, 0.3) is 0 Å². The van der Waals surface area contributed by atoms with Crippen LogP contribution >= 0.6 is 0 Å². The highest BCUT2D eigenvalue weighted by atomic mass is 16.2. The van der Waals surface area contributed by atoms with Crippen LogP contribution in [0.4, 0.5) is 16.3 Å². The smallest absolute Gasteiger partial charge is 0.320 e. The lowest BCUT2D eigenvalue weighted by Gasteiger charge is -2.36. The van der Waals surface area contributed by atoms with Crippen molar-refractivity contribution in [1.82, 2.24) is 19.9 Å². The maximum absolute atomic E-state index is 12.2. The van der Waals surface area contributed by atoms with Crippen molar-refractivity contribution in [2.45, 2.75) is 31.8 Å². The minimum atomic E-state index is -0.219. The Bertz CT molecular complexity index is 885. The van der Waals surface area contributed by atoms with Crippen molar-refractivity contribution in [2.24, 2.45) is 0 Å². The zero-order valence-corrected chi connectivity index (χ0v) is 13.9. The molecule has 7 heteroatoms. The third kappa shape index (κ3) is 3.40. The van der Waals surface area contributed by atoms with Gasteiger partial charge in [-0.25, -0.2) is 9.78 Å². The second-order valence-corrected chi connectivity index (χ2v) is 6.36. The number of rotatable bonds is 4. The molecule has 128 valence electrons. The molecule has 3 aromatic rings. The summed E-state index contributed by atoms with van der Waals surface area (Å²) in [5, 5.41) is 13.7. The van der Waals surface area contributed by atoms with Gasteiger partial charge in [-0.3, -0.25) is 5.32 Å². The molecule has 1 aliphatic carbocycles. The fourth-order valence-corrected chi connectivity index (χ4v) is 3.07. The Kier molecular flexibility index (Phi) is 3.97. The van der Waals surface area contributed by atoms with Crippen LogP contribution in [0.2, 0.25) is 0 Å². The van der Waals surface area contributed by atoms with Crippen LogP contribution in [0.15, 0.2) is 48.7 Å². The number of nitrogens with zero attached hydrogens (tertiary/aromatic N) is 3. The number of anilines is 2. The molecule has 2 amide bonds. The zero-order valence-electron chi connectivity index (χ0n) is 13.9. The number of hydrogen-bond donors (Lipinski definition) is 3. The van der Waals surface area contributed by atoms with Crippen molar-refractivity contribution in [3.8, 4) is 0 Å². The van der Waals surface area contributed by atoms with E-state index in [4.69, 9.17) is 0 Å². The summed E-state index contributed by atoms with van der Waals surface area (Å²) in [5.74, 6) is 0.605. The van der Waals surface area contributed by atoms with Gasteiger partial charge in [0.05, 0.1) is 5.69 Å². The lowest BCUT2D eigenvalue weighted by atomic mass is 9.86. The molecule has 7 nitrogen and oxygen atoms in total. The van der Waals surface area contributed by atoms with E-state index in [9.17, 15) is 4.79 Å². The number of nitrogens with one attached hydrogen (secondary N) is 3. The highest BCUT2D eigenvalue weighted by Crippen LogP contribution is 2.24. The SMILES string of the molecule is Cc1cc2nccc(NC(=O)NC3CC(Nc4ccccc4)C3)n2n1. The monoisotopic (exact) mass is 336 g/mol. The second-order valence-electron chi connectivity index (χ2n) is 6.36. The summed E-state index contributed by atoms with van der Waals surface area (Å²) in [6.07, 6.45) is 3.49. The van der Waals surface area contributed by atoms with E-state index in [-0.39, 0.29) is 12.1 Å². The number of benzene rings is 1. The van der Waals surface area contributed by atoms with Crippen LogP contribution in [0.5, 0.6) is 0 Å². The van der Waals surface area contributed by atoms with Crippen LogP contribution in [0.25, 0.3) is 5.65 Å². The molecule has 2 heterocycles. The normalized spacial score (nSPS) is 19.2. The van der Waals surface area contributed by atoms with Crippen molar-refractivity contribution in [3.63, 3.8) is 0 Å². The first-order valence-corrected chi connectivity index (χ1v) is 8.38. The van der Waals surface area contributed by atoms with Crippen molar-refractivity contribution >= 4 is 23.2 Å². The van der Waals surface area contributed by atoms with Gasteiger partial charge in [0.1, 0.15) is 5.82 Å². The molecule has 0 aliphatic heterocycles. The third-order valence-corrected chi connectivity index (χ3v) is 4.34. The molecule has 0 atom stereocenters. The van der Waals surface area contributed by atoms with E-state index in [1.165, 1.54) is 0 Å². The quantitative estimate of drug-likeness (QED) is 0.684.